The van der Waals surface area contributed by atoms with Gasteiger partial charge in [0.25, 0.3) is 0 Å². The van der Waals surface area contributed by atoms with E-state index in [1.807, 2.05) is 0 Å². The summed E-state index contributed by atoms with van der Waals surface area (Å²) in [7, 11) is 0. The minimum absolute atomic E-state index is 0.912. The van der Waals surface area contributed by atoms with Gasteiger partial charge in [-0.3, -0.25) is 0 Å². The number of rotatable bonds is 3. The number of halogens is 1. The van der Waals surface area contributed by atoms with Crippen LogP contribution in [-0.4, -0.2) is 0 Å². The van der Waals surface area contributed by atoms with Gasteiger partial charge in [0, 0.05) is 5.33 Å². The summed E-state index contributed by atoms with van der Waals surface area (Å²) in [6.45, 7) is 0. The Balaban J connectivity index is 1.59. The van der Waals surface area contributed by atoms with Crippen molar-refractivity contribution in [1.29, 1.82) is 0 Å². The summed E-state index contributed by atoms with van der Waals surface area (Å²) in [4.78, 5) is 0. The number of fused-ring (bicyclic) bond motifs is 1. The lowest BCUT2D eigenvalue weighted by atomic mass is 9.98. The predicted octanol–water partition coefficient (Wildman–Crippen LogP) is 4.98. The zero-order valence-electron chi connectivity index (χ0n) is 10.1. The second-order valence-corrected chi connectivity index (χ2v) is 6.10. The van der Waals surface area contributed by atoms with Gasteiger partial charge in [-0.15, -0.1) is 0 Å². The Bertz CT molecular complexity index is 560. The van der Waals surface area contributed by atoms with E-state index in [4.69, 9.17) is 0 Å². The van der Waals surface area contributed by atoms with Crippen molar-refractivity contribution in [2.24, 2.45) is 11.8 Å². The molecular weight excluding hydrogens is 284 g/mol. The van der Waals surface area contributed by atoms with Crippen molar-refractivity contribution >= 4 is 15.9 Å². The molecule has 18 heavy (non-hydrogen) atoms. The Kier molecular flexibility index (Phi) is 2.38. The third-order valence-electron chi connectivity index (χ3n) is 4.41. The molecule has 2 saturated carbocycles. The van der Waals surface area contributed by atoms with E-state index in [2.05, 4.69) is 64.5 Å². The van der Waals surface area contributed by atoms with Crippen molar-refractivity contribution in [2.45, 2.75) is 17.7 Å². The number of hydrogen-bond donors (Lipinski definition) is 0. The summed E-state index contributed by atoms with van der Waals surface area (Å²) in [5.74, 6) is 3.01. The van der Waals surface area contributed by atoms with Crippen LogP contribution in [0, 0.1) is 11.8 Å². The van der Waals surface area contributed by atoms with E-state index in [1.54, 1.807) is 5.56 Å². The van der Waals surface area contributed by atoms with Gasteiger partial charge in [0.2, 0.25) is 0 Å². The standard InChI is InChI=1S/C17H15Br/c18-10-11-1-3-12(4-2-11)13-5-7-14(8-6-13)17-15-9-16(15)17/h1-8,15-17H,9-10H2. The molecule has 2 aromatic rings. The molecular formula is C17H15Br. The lowest BCUT2D eigenvalue weighted by Gasteiger charge is -2.07. The Morgan fingerprint density at radius 2 is 1.39 bits per heavy atom. The highest BCUT2D eigenvalue weighted by Crippen LogP contribution is 2.73. The number of alkyl halides is 1. The fourth-order valence-corrected chi connectivity index (χ4v) is 3.33. The Labute approximate surface area is 116 Å². The molecule has 2 aliphatic carbocycles. The first-order valence-corrected chi connectivity index (χ1v) is 7.74. The van der Waals surface area contributed by atoms with Gasteiger partial charge in [0.15, 0.2) is 0 Å². The highest BCUT2D eigenvalue weighted by atomic mass is 79.9. The van der Waals surface area contributed by atoms with Gasteiger partial charge in [-0.2, -0.15) is 0 Å². The molecule has 0 spiro atoms. The smallest absolute Gasteiger partial charge is 0.0283 e. The van der Waals surface area contributed by atoms with Crippen LogP contribution in [0.15, 0.2) is 48.5 Å². The zero-order chi connectivity index (χ0) is 12.1. The van der Waals surface area contributed by atoms with Crippen molar-refractivity contribution in [1.82, 2.24) is 0 Å². The highest BCUT2D eigenvalue weighted by molar-refractivity contribution is 9.08. The van der Waals surface area contributed by atoms with Crippen molar-refractivity contribution in [3.8, 4) is 11.1 Å². The fraction of sp³-hybridized carbons (Fsp3) is 0.294. The van der Waals surface area contributed by atoms with Gasteiger partial charge in [0.1, 0.15) is 0 Å². The van der Waals surface area contributed by atoms with Crippen LogP contribution >= 0.6 is 15.9 Å². The number of benzene rings is 2. The topological polar surface area (TPSA) is 0 Å². The average molecular weight is 299 g/mol. The molecule has 0 N–H and O–H groups in total. The van der Waals surface area contributed by atoms with Crippen LogP contribution < -0.4 is 0 Å². The average Bonchev–Trinajstić information content (AvgIpc) is 3.31. The van der Waals surface area contributed by atoms with Crippen LogP contribution in [0.5, 0.6) is 0 Å². The third-order valence-corrected chi connectivity index (χ3v) is 5.06. The fourth-order valence-electron chi connectivity index (χ4n) is 2.96. The predicted molar refractivity (Wildman–Crippen MR) is 78.8 cm³/mol. The Morgan fingerprint density at radius 1 is 0.833 bits per heavy atom. The lowest BCUT2D eigenvalue weighted by molar-refractivity contribution is 0.779. The maximum atomic E-state index is 3.48. The highest BCUT2D eigenvalue weighted by Gasteiger charge is 2.64. The van der Waals surface area contributed by atoms with Gasteiger partial charge < -0.3 is 0 Å². The molecule has 1 heteroatoms. The van der Waals surface area contributed by atoms with Crippen LogP contribution in [-0.2, 0) is 5.33 Å². The minimum atomic E-state index is 0.912. The molecule has 2 aliphatic rings. The van der Waals surface area contributed by atoms with Crippen molar-refractivity contribution in [2.75, 3.05) is 0 Å². The monoisotopic (exact) mass is 298 g/mol. The van der Waals surface area contributed by atoms with Gasteiger partial charge >= 0.3 is 0 Å². The molecule has 0 nitrogen and oxygen atoms in total. The summed E-state index contributed by atoms with van der Waals surface area (Å²) in [5.41, 5.74) is 5.52. The van der Waals surface area contributed by atoms with Gasteiger partial charge in [-0.1, -0.05) is 64.5 Å². The van der Waals surface area contributed by atoms with E-state index in [1.165, 1.54) is 23.1 Å². The van der Waals surface area contributed by atoms with Crippen LogP contribution in [0.25, 0.3) is 11.1 Å². The molecule has 2 aromatic carbocycles. The van der Waals surface area contributed by atoms with E-state index in [-0.39, 0.29) is 0 Å². The second kappa shape index (κ2) is 3.96. The SMILES string of the molecule is BrCc1ccc(-c2ccc(C3C4CC43)cc2)cc1. The van der Waals surface area contributed by atoms with Gasteiger partial charge in [-0.05, 0) is 46.4 Å². The van der Waals surface area contributed by atoms with Crippen LogP contribution in [0.4, 0.5) is 0 Å². The van der Waals surface area contributed by atoms with Gasteiger partial charge in [0.05, 0.1) is 0 Å². The lowest BCUT2D eigenvalue weighted by Crippen LogP contribution is -1.88. The summed E-state index contributed by atoms with van der Waals surface area (Å²) >= 11 is 3.48. The van der Waals surface area contributed by atoms with E-state index in [0.29, 0.717) is 0 Å². The van der Waals surface area contributed by atoms with E-state index in [9.17, 15) is 0 Å². The Hall–Kier alpha value is -1.08. The molecule has 0 aliphatic heterocycles. The molecule has 0 heterocycles. The van der Waals surface area contributed by atoms with E-state index in [0.717, 1.165) is 23.1 Å². The largest absolute Gasteiger partial charge is 0.0876 e. The van der Waals surface area contributed by atoms with Crippen molar-refractivity contribution in [3.05, 3.63) is 59.7 Å². The van der Waals surface area contributed by atoms with Crippen LogP contribution in [0.3, 0.4) is 0 Å². The minimum Gasteiger partial charge on any atom is -0.0876 e. The molecule has 4 rings (SSSR count). The summed E-state index contributed by atoms with van der Waals surface area (Å²) in [5, 5.41) is 0.927. The molecule has 0 amide bonds. The maximum Gasteiger partial charge on any atom is 0.0283 e. The molecule has 0 bridgehead atoms. The summed E-state index contributed by atoms with van der Waals surface area (Å²) < 4.78 is 0. The molecule has 0 aromatic heterocycles. The van der Waals surface area contributed by atoms with Crippen molar-refractivity contribution < 1.29 is 0 Å². The first kappa shape index (κ1) is 10.8. The van der Waals surface area contributed by atoms with Gasteiger partial charge in [-0.25, -0.2) is 0 Å². The summed E-state index contributed by atoms with van der Waals surface area (Å²) in [6, 6.07) is 18.0. The molecule has 2 unspecified atom stereocenters. The molecule has 2 fully saturated rings. The normalized spacial score (nSPS) is 27.7. The van der Waals surface area contributed by atoms with Crippen molar-refractivity contribution in [3.63, 3.8) is 0 Å². The molecule has 2 atom stereocenters. The second-order valence-electron chi connectivity index (χ2n) is 5.54. The number of hydrogen-bond acceptors (Lipinski definition) is 0. The molecule has 0 saturated heterocycles. The summed E-state index contributed by atoms with van der Waals surface area (Å²) in [6.07, 6.45) is 1.49. The molecule has 0 radical (unpaired) electrons. The zero-order valence-corrected chi connectivity index (χ0v) is 11.7. The van der Waals surface area contributed by atoms with Crippen LogP contribution in [0.2, 0.25) is 0 Å². The maximum absolute atomic E-state index is 3.48. The quantitative estimate of drug-likeness (QED) is 0.701. The first-order chi connectivity index (χ1) is 8.86. The molecule has 90 valence electrons. The van der Waals surface area contributed by atoms with Crippen LogP contribution in [0.1, 0.15) is 23.5 Å². The Morgan fingerprint density at radius 3 is 1.83 bits per heavy atom. The van der Waals surface area contributed by atoms with E-state index < -0.39 is 0 Å². The third kappa shape index (κ3) is 1.73. The van der Waals surface area contributed by atoms with E-state index >= 15 is 0 Å². The first-order valence-electron chi connectivity index (χ1n) is 6.62.